The van der Waals surface area contributed by atoms with Gasteiger partial charge in [0.2, 0.25) is 5.91 Å². The molecule has 4 aliphatic carbocycles. The summed E-state index contributed by atoms with van der Waals surface area (Å²) in [5.41, 5.74) is 5.58. The van der Waals surface area contributed by atoms with Crippen LogP contribution in [-0.2, 0) is 4.79 Å². The summed E-state index contributed by atoms with van der Waals surface area (Å²) in [6.45, 7) is 3.85. The molecule has 0 heterocycles. The first-order valence-corrected chi connectivity index (χ1v) is 10.3. The zero-order valence-electron chi connectivity index (χ0n) is 15.7. The maximum absolute atomic E-state index is 12.0. The SMILES string of the molecule is CC(C)(C[C@@H](c1ccccc1)[C@H]1[C@H]2C[C@@H]3C[C@](Cl)(C2)C[C@@]1(O)C3)C(N)=O. The summed E-state index contributed by atoms with van der Waals surface area (Å²) in [5.74, 6) is 0.957. The number of primary amides is 1. The number of rotatable bonds is 5. The van der Waals surface area contributed by atoms with Gasteiger partial charge in [-0.1, -0.05) is 44.2 Å². The number of carbonyl (C=O) groups excluding carboxylic acids is 1. The maximum atomic E-state index is 12.0. The molecule has 3 N–H and O–H groups in total. The average molecular weight is 376 g/mol. The Hall–Kier alpha value is -1.06. The first-order chi connectivity index (χ1) is 12.1. The summed E-state index contributed by atoms with van der Waals surface area (Å²) in [6, 6.07) is 10.4. The van der Waals surface area contributed by atoms with Crippen LogP contribution in [0.15, 0.2) is 30.3 Å². The molecule has 5 rings (SSSR count). The molecule has 26 heavy (non-hydrogen) atoms. The number of hydrogen-bond donors (Lipinski definition) is 2. The summed E-state index contributed by atoms with van der Waals surface area (Å²) in [4.78, 5) is 11.8. The van der Waals surface area contributed by atoms with E-state index in [0.717, 1.165) is 25.7 Å². The summed E-state index contributed by atoms with van der Waals surface area (Å²) < 4.78 is 0. The number of hydrogen-bond acceptors (Lipinski definition) is 2. The summed E-state index contributed by atoms with van der Waals surface area (Å²) >= 11 is 6.89. The van der Waals surface area contributed by atoms with E-state index < -0.39 is 11.0 Å². The van der Waals surface area contributed by atoms with Crippen molar-refractivity contribution in [1.82, 2.24) is 0 Å². The molecule has 4 fully saturated rings. The lowest BCUT2D eigenvalue weighted by molar-refractivity contribution is -0.174. The van der Waals surface area contributed by atoms with Gasteiger partial charge in [-0.15, -0.1) is 11.6 Å². The Morgan fingerprint density at radius 1 is 1.31 bits per heavy atom. The third kappa shape index (κ3) is 2.97. The standard InChI is InChI=1S/C22H30ClNO2/c1-20(2,19(24)25)12-17(15-6-4-3-5-7-15)18-16-8-14-9-21(23,11-16)13-22(18,26)10-14/h3-7,14,16-18,26H,8-13H2,1-2H3,(H2,24,25)/t14-,16+,17+,18-,21+,22+/m1/s1. The highest BCUT2D eigenvalue weighted by Gasteiger charge is 2.63. The third-order valence-electron chi connectivity index (χ3n) is 7.37. The van der Waals surface area contributed by atoms with Crippen LogP contribution in [0, 0.1) is 23.2 Å². The van der Waals surface area contributed by atoms with Crippen LogP contribution in [0.1, 0.15) is 63.9 Å². The topological polar surface area (TPSA) is 63.3 Å². The largest absolute Gasteiger partial charge is 0.389 e. The number of nitrogens with two attached hydrogens (primary N) is 1. The normalized spacial score (nSPS) is 39.8. The van der Waals surface area contributed by atoms with Crippen molar-refractivity contribution in [3.05, 3.63) is 35.9 Å². The maximum Gasteiger partial charge on any atom is 0.223 e. The third-order valence-corrected chi connectivity index (χ3v) is 7.81. The fourth-order valence-corrected chi connectivity index (χ4v) is 7.21. The van der Waals surface area contributed by atoms with Crippen LogP contribution in [-0.4, -0.2) is 21.5 Å². The molecule has 0 saturated heterocycles. The lowest BCUT2D eigenvalue weighted by Gasteiger charge is -2.63. The van der Waals surface area contributed by atoms with Crippen molar-refractivity contribution in [2.24, 2.45) is 28.9 Å². The second-order valence-electron chi connectivity index (χ2n) is 9.90. The van der Waals surface area contributed by atoms with E-state index in [1.807, 2.05) is 32.0 Å². The molecule has 0 unspecified atom stereocenters. The van der Waals surface area contributed by atoms with Crippen LogP contribution in [0.3, 0.4) is 0 Å². The van der Waals surface area contributed by atoms with Crippen molar-refractivity contribution in [3.63, 3.8) is 0 Å². The molecule has 1 aromatic carbocycles. The first kappa shape index (κ1) is 18.3. The predicted molar refractivity (Wildman–Crippen MR) is 104 cm³/mol. The zero-order chi connectivity index (χ0) is 18.7. The minimum Gasteiger partial charge on any atom is -0.389 e. The molecular weight excluding hydrogens is 346 g/mol. The van der Waals surface area contributed by atoms with Crippen molar-refractivity contribution < 1.29 is 9.90 Å². The number of halogens is 1. The van der Waals surface area contributed by atoms with E-state index in [-0.39, 0.29) is 22.6 Å². The molecule has 4 heteroatoms. The smallest absolute Gasteiger partial charge is 0.223 e. The Morgan fingerprint density at radius 3 is 2.58 bits per heavy atom. The lowest BCUT2D eigenvalue weighted by Crippen LogP contribution is -2.63. The summed E-state index contributed by atoms with van der Waals surface area (Å²) in [5, 5.41) is 11.7. The highest BCUT2D eigenvalue weighted by Crippen LogP contribution is 2.65. The van der Waals surface area contributed by atoms with Gasteiger partial charge in [-0.25, -0.2) is 0 Å². The van der Waals surface area contributed by atoms with Crippen molar-refractivity contribution in [2.75, 3.05) is 0 Å². The van der Waals surface area contributed by atoms with Crippen molar-refractivity contribution >= 4 is 17.5 Å². The van der Waals surface area contributed by atoms with E-state index in [1.165, 1.54) is 5.56 Å². The van der Waals surface area contributed by atoms with Gasteiger partial charge >= 0.3 is 0 Å². The molecule has 142 valence electrons. The van der Waals surface area contributed by atoms with Crippen LogP contribution in [0.25, 0.3) is 0 Å². The van der Waals surface area contributed by atoms with Crippen LogP contribution in [0.5, 0.6) is 0 Å². The Bertz CT molecular complexity index is 705. The quantitative estimate of drug-likeness (QED) is 0.757. The van der Waals surface area contributed by atoms with Gasteiger partial charge in [-0.05, 0) is 67.8 Å². The van der Waals surface area contributed by atoms with Gasteiger partial charge in [-0.2, -0.15) is 0 Å². The molecule has 0 radical (unpaired) electrons. The average Bonchev–Trinajstić information content (AvgIpc) is 2.51. The Morgan fingerprint density at radius 2 is 2.00 bits per heavy atom. The second kappa shape index (κ2) is 5.97. The minimum absolute atomic E-state index is 0.119. The zero-order valence-corrected chi connectivity index (χ0v) is 16.5. The van der Waals surface area contributed by atoms with Gasteiger partial charge in [0.25, 0.3) is 0 Å². The number of benzene rings is 1. The monoisotopic (exact) mass is 375 g/mol. The van der Waals surface area contributed by atoms with Gasteiger partial charge in [0.05, 0.1) is 5.60 Å². The summed E-state index contributed by atoms with van der Waals surface area (Å²) in [6.07, 6.45) is 5.38. The van der Waals surface area contributed by atoms with Gasteiger partial charge < -0.3 is 10.8 Å². The molecule has 4 saturated carbocycles. The molecule has 0 spiro atoms. The molecule has 0 aliphatic heterocycles. The molecule has 1 amide bonds. The van der Waals surface area contributed by atoms with E-state index in [2.05, 4.69) is 12.1 Å². The molecule has 6 atom stereocenters. The van der Waals surface area contributed by atoms with Crippen molar-refractivity contribution in [1.29, 1.82) is 0 Å². The van der Waals surface area contributed by atoms with E-state index in [1.54, 1.807) is 0 Å². The molecule has 4 bridgehead atoms. The van der Waals surface area contributed by atoms with E-state index >= 15 is 0 Å². The lowest BCUT2D eigenvalue weighted by atomic mass is 9.46. The molecule has 1 aromatic rings. The number of aliphatic hydroxyl groups is 1. The van der Waals surface area contributed by atoms with Crippen LogP contribution >= 0.6 is 11.6 Å². The van der Waals surface area contributed by atoms with Crippen molar-refractivity contribution in [2.45, 2.75) is 68.8 Å². The van der Waals surface area contributed by atoms with Gasteiger partial charge in [0.1, 0.15) is 0 Å². The second-order valence-corrected chi connectivity index (χ2v) is 10.7. The van der Waals surface area contributed by atoms with E-state index in [4.69, 9.17) is 17.3 Å². The Balaban J connectivity index is 1.74. The van der Waals surface area contributed by atoms with E-state index in [9.17, 15) is 9.90 Å². The van der Waals surface area contributed by atoms with Crippen LogP contribution in [0.2, 0.25) is 0 Å². The van der Waals surface area contributed by atoms with Gasteiger partial charge in [-0.3, -0.25) is 4.79 Å². The number of alkyl halides is 1. The van der Waals surface area contributed by atoms with Crippen LogP contribution in [0.4, 0.5) is 0 Å². The minimum atomic E-state index is -0.722. The number of amides is 1. The molecule has 4 aliphatic rings. The molecule has 0 aromatic heterocycles. The first-order valence-electron chi connectivity index (χ1n) is 9.88. The number of carbonyl (C=O) groups is 1. The van der Waals surface area contributed by atoms with Gasteiger partial charge in [0, 0.05) is 10.3 Å². The summed E-state index contributed by atoms with van der Waals surface area (Å²) in [7, 11) is 0. The fraction of sp³-hybridized carbons (Fsp3) is 0.682. The fourth-order valence-electron chi connectivity index (χ4n) is 6.56. The van der Waals surface area contributed by atoms with Crippen molar-refractivity contribution in [3.8, 4) is 0 Å². The highest BCUT2D eigenvalue weighted by molar-refractivity contribution is 6.24. The Kier molecular flexibility index (Phi) is 4.20. The molecular formula is C22H30ClNO2. The highest BCUT2D eigenvalue weighted by atomic mass is 35.5. The predicted octanol–water partition coefficient (Wildman–Crippen LogP) is 4.22. The van der Waals surface area contributed by atoms with E-state index in [0.29, 0.717) is 24.7 Å². The Labute approximate surface area is 161 Å². The van der Waals surface area contributed by atoms with Crippen LogP contribution < -0.4 is 5.73 Å². The van der Waals surface area contributed by atoms with Gasteiger partial charge in [0.15, 0.2) is 0 Å². The molecule has 3 nitrogen and oxygen atoms in total.